The molecule has 0 amide bonds. The van der Waals surface area contributed by atoms with E-state index in [0.717, 1.165) is 7.14 Å². The minimum Gasteiger partial charge on any atom is -0.508 e. The van der Waals surface area contributed by atoms with Crippen LogP contribution >= 0.6 is 45.2 Å². The average molecular weight is 492 g/mol. The second-order valence-corrected chi connectivity index (χ2v) is 5.44. The maximum atomic E-state index is 8.75. The van der Waals surface area contributed by atoms with Gasteiger partial charge in [-0.2, -0.15) is 0 Å². The molecule has 2 N–H and O–H groups in total. The number of halogens is 2. The van der Waals surface area contributed by atoms with Crippen molar-refractivity contribution in [3.63, 3.8) is 0 Å². The van der Waals surface area contributed by atoms with Gasteiger partial charge in [0.1, 0.15) is 11.5 Å². The Morgan fingerprint density at radius 3 is 1.00 bits per heavy atom. The molecule has 0 fully saturated rings. The topological polar surface area (TPSA) is 40.5 Å². The van der Waals surface area contributed by atoms with Crippen LogP contribution in [0.5, 0.6) is 11.5 Å². The maximum absolute atomic E-state index is 8.75. The van der Waals surface area contributed by atoms with E-state index in [2.05, 4.69) is 45.2 Å². The Kier molecular flexibility index (Phi) is 9.05. The quantitative estimate of drug-likeness (QED) is 0.547. The number of hydrogen-bond donors (Lipinski definition) is 2. The monoisotopic (exact) mass is 492 g/mol. The number of rotatable bonds is 0. The van der Waals surface area contributed by atoms with Gasteiger partial charge in [0.15, 0.2) is 0 Å². The Morgan fingerprint density at radius 1 is 0.588 bits per heavy atom. The van der Waals surface area contributed by atoms with Crippen molar-refractivity contribution in [3.8, 4) is 11.5 Å². The second kappa shape index (κ2) is 9.03. The Bertz CT molecular complexity index is 344. The predicted molar refractivity (Wildman–Crippen MR) is 81.6 cm³/mol. The van der Waals surface area contributed by atoms with E-state index < -0.39 is 0 Å². The zero-order valence-corrected chi connectivity index (χ0v) is 14.3. The van der Waals surface area contributed by atoms with Crippen molar-refractivity contribution in [2.24, 2.45) is 0 Å². The van der Waals surface area contributed by atoms with Gasteiger partial charge < -0.3 is 10.2 Å². The number of benzene rings is 2. The Labute approximate surface area is 138 Å². The van der Waals surface area contributed by atoms with Gasteiger partial charge in [-0.1, -0.05) is 0 Å². The fourth-order valence-corrected chi connectivity index (χ4v) is 1.60. The minimum absolute atomic E-state index is 0. The molecule has 90 valence electrons. The molecule has 2 aromatic rings. The molecule has 0 saturated carbocycles. The molecule has 0 aliphatic rings. The Hall–Kier alpha value is 0.0325. The molecule has 0 radical (unpaired) electrons. The summed E-state index contributed by atoms with van der Waals surface area (Å²) in [6.07, 6.45) is 0. The van der Waals surface area contributed by atoms with Crippen molar-refractivity contribution < 1.29 is 27.6 Å². The van der Waals surface area contributed by atoms with Crippen LogP contribution in [0.3, 0.4) is 0 Å². The minimum atomic E-state index is 0. The standard InChI is InChI=1S/2C6H5IO.Cr/c2*7-5-1-3-6(8)4-2-5;/h2*1-4,8H;. The number of phenolic OH excluding ortho intramolecular Hbond substituents is 2. The molecule has 0 bridgehead atoms. The van der Waals surface area contributed by atoms with Crippen molar-refractivity contribution in [1.29, 1.82) is 0 Å². The third-order valence-corrected chi connectivity index (χ3v) is 3.09. The molecule has 5 heteroatoms. The SMILES string of the molecule is Oc1ccc(I)cc1.Oc1ccc(I)cc1.[Cr]. The molecule has 0 spiro atoms. The van der Waals surface area contributed by atoms with Crippen LogP contribution in [0.15, 0.2) is 48.5 Å². The van der Waals surface area contributed by atoms with Gasteiger partial charge in [0.2, 0.25) is 0 Å². The summed E-state index contributed by atoms with van der Waals surface area (Å²) >= 11 is 4.37. The molecule has 0 heterocycles. The van der Waals surface area contributed by atoms with E-state index >= 15 is 0 Å². The van der Waals surface area contributed by atoms with Crippen molar-refractivity contribution in [1.82, 2.24) is 0 Å². The van der Waals surface area contributed by atoms with Gasteiger partial charge in [0.25, 0.3) is 0 Å². The van der Waals surface area contributed by atoms with Gasteiger partial charge in [-0.15, -0.1) is 0 Å². The predicted octanol–water partition coefficient (Wildman–Crippen LogP) is 3.99. The van der Waals surface area contributed by atoms with E-state index in [1.807, 2.05) is 24.3 Å². The van der Waals surface area contributed by atoms with Gasteiger partial charge in [-0.05, 0) is 93.7 Å². The molecule has 0 saturated heterocycles. The molecule has 2 rings (SSSR count). The van der Waals surface area contributed by atoms with Crippen molar-refractivity contribution in [3.05, 3.63) is 55.7 Å². The zero-order chi connectivity index (χ0) is 12.0. The third-order valence-electron chi connectivity index (χ3n) is 1.65. The third kappa shape index (κ3) is 7.87. The average Bonchev–Trinajstić information content (AvgIpc) is 2.28. The molecule has 0 unspecified atom stereocenters. The zero-order valence-electron chi connectivity index (χ0n) is 8.68. The molecular weight excluding hydrogens is 482 g/mol. The van der Waals surface area contributed by atoms with E-state index in [0.29, 0.717) is 11.5 Å². The summed E-state index contributed by atoms with van der Waals surface area (Å²) in [6, 6.07) is 14.1. The van der Waals surface area contributed by atoms with Crippen LogP contribution in [-0.2, 0) is 17.4 Å². The first-order valence-electron chi connectivity index (χ1n) is 4.47. The normalized spacial score (nSPS) is 8.59. The van der Waals surface area contributed by atoms with Crippen LogP contribution in [-0.4, -0.2) is 10.2 Å². The molecule has 0 atom stereocenters. The van der Waals surface area contributed by atoms with E-state index in [1.165, 1.54) is 0 Å². The van der Waals surface area contributed by atoms with E-state index in [1.54, 1.807) is 24.3 Å². The fourth-order valence-electron chi connectivity index (χ4n) is 0.882. The molecular formula is C12H10CrI2O2. The van der Waals surface area contributed by atoms with Gasteiger partial charge in [-0.25, -0.2) is 0 Å². The molecule has 17 heavy (non-hydrogen) atoms. The molecule has 0 aliphatic carbocycles. The van der Waals surface area contributed by atoms with E-state index in [4.69, 9.17) is 10.2 Å². The first-order chi connectivity index (χ1) is 7.58. The summed E-state index contributed by atoms with van der Waals surface area (Å²) in [5.74, 6) is 0.649. The molecule has 0 aromatic heterocycles. The smallest absolute Gasteiger partial charge is 0.115 e. The van der Waals surface area contributed by atoms with E-state index in [9.17, 15) is 0 Å². The van der Waals surface area contributed by atoms with Crippen LogP contribution in [0, 0.1) is 7.14 Å². The van der Waals surface area contributed by atoms with Crippen molar-refractivity contribution in [2.75, 3.05) is 0 Å². The molecule has 0 aliphatic heterocycles. The van der Waals surface area contributed by atoms with Crippen LogP contribution in [0.4, 0.5) is 0 Å². The van der Waals surface area contributed by atoms with Gasteiger partial charge in [-0.3, -0.25) is 0 Å². The first kappa shape index (κ1) is 17.0. The van der Waals surface area contributed by atoms with Gasteiger partial charge in [0, 0.05) is 24.5 Å². The number of hydrogen-bond acceptors (Lipinski definition) is 2. The molecule has 2 nitrogen and oxygen atoms in total. The maximum Gasteiger partial charge on any atom is 0.115 e. The summed E-state index contributed by atoms with van der Waals surface area (Å²) in [7, 11) is 0. The fraction of sp³-hybridized carbons (Fsp3) is 0. The van der Waals surface area contributed by atoms with Crippen LogP contribution in [0.2, 0.25) is 0 Å². The van der Waals surface area contributed by atoms with Gasteiger partial charge >= 0.3 is 0 Å². The Morgan fingerprint density at radius 2 is 0.824 bits per heavy atom. The second-order valence-electron chi connectivity index (χ2n) is 2.95. The van der Waals surface area contributed by atoms with Gasteiger partial charge in [0.05, 0.1) is 0 Å². The van der Waals surface area contributed by atoms with Crippen LogP contribution in [0.1, 0.15) is 0 Å². The van der Waals surface area contributed by atoms with Crippen molar-refractivity contribution in [2.45, 2.75) is 0 Å². The number of aromatic hydroxyl groups is 2. The summed E-state index contributed by atoms with van der Waals surface area (Å²) < 4.78 is 2.28. The summed E-state index contributed by atoms with van der Waals surface area (Å²) in [6.45, 7) is 0. The van der Waals surface area contributed by atoms with Crippen molar-refractivity contribution >= 4 is 45.2 Å². The van der Waals surface area contributed by atoms with Crippen LogP contribution in [0.25, 0.3) is 0 Å². The summed E-state index contributed by atoms with van der Waals surface area (Å²) in [5.41, 5.74) is 0. The van der Waals surface area contributed by atoms with Crippen LogP contribution < -0.4 is 0 Å². The summed E-state index contributed by atoms with van der Waals surface area (Å²) in [4.78, 5) is 0. The molecule has 2 aromatic carbocycles. The summed E-state index contributed by atoms with van der Waals surface area (Å²) in [5, 5.41) is 17.5. The van der Waals surface area contributed by atoms with E-state index in [-0.39, 0.29) is 17.4 Å². The largest absolute Gasteiger partial charge is 0.508 e. The number of phenols is 2. The Balaban J connectivity index is 0.000000284. The first-order valence-corrected chi connectivity index (χ1v) is 6.63.